The molecule has 186 valence electrons. The molecule has 0 unspecified atom stereocenters. The van der Waals surface area contributed by atoms with E-state index in [1.807, 2.05) is 0 Å². The Kier molecular flexibility index (Phi) is 7.98. The highest BCUT2D eigenvalue weighted by Crippen LogP contribution is 2.37. The molecule has 2 aromatic carbocycles. The van der Waals surface area contributed by atoms with Crippen molar-refractivity contribution in [2.45, 2.75) is 22.0 Å². The van der Waals surface area contributed by atoms with Crippen molar-refractivity contribution in [1.82, 2.24) is 21.9 Å². The van der Waals surface area contributed by atoms with Gasteiger partial charge in [-0.25, -0.2) is 32.8 Å². The second kappa shape index (κ2) is 10.4. The molecular formula is C18H26N8O6S2. The van der Waals surface area contributed by atoms with Crippen LogP contribution >= 0.6 is 0 Å². The van der Waals surface area contributed by atoms with Gasteiger partial charge in [0.15, 0.2) is 9.84 Å². The van der Waals surface area contributed by atoms with Crippen LogP contribution in [0.15, 0.2) is 46.2 Å². The zero-order valence-corrected chi connectivity index (χ0v) is 19.4. The summed E-state index contributed by atoms with van der Waals surface area (Å²) < 4.78 is 51.0. The Labute approximate surface area is 196 Å². The molecule has 1 aliphatic rings. The molecule has 1 atom stereocenters. The molecule has 1 heterocycles. The second-order valence-corrected chi connectivity index (χ2v) is 10.9. The number of rotatable bonds is 9. The summed E-state index contributed by atoms with van der Waals surface area (Å²) in [6, 6.07) is 7.81. The Morgan fingerprint density at radius 3 is 2.38 bits per heavy atom. The van der Waals surface area contributed by atoms with Crippen LogP contribution in [0.5, 0.6) is 0 Å². The zero-order valence-electron chi connectivity index (χ0n) is 17.8. The van der Waals surface area contributed by atoms with Crippen LogP contribution < -0.4 is 43.8 Å². The van der Waals surface area contributed by atoms with E-state index in [-0.39, 0.29) is 12.1 Å². The number of nitrogens with one attached hydrogen (secondary N) is 5. The number of aliphatic hydroxyl groups excluding tert-OH is 1. The van der Waals surface area contributed by atoms with Gasteiger partial charge in [-0.05, 0) is 29.3 Å². The smallest absolute Gasteiger partial charge is 0.243 e. The van der Waals surface area contributed by atoms with Crippen molar-refractivity contribution >= 4 is 31.5 Å². The van der Waals surface area contributed by atoms with E-state index in [1.165, 1.54) is 12.1 Å². The lowest BCUT2D eigenvalue weighted by Gasteiger charge is -2.22. The van der Waals surface area contributed by atoms with Crippen molar-refractivity contribution in [3.63, 3.8) is 0 Å². The predicted octanol–water partition coefficient (Wildman–Crippen LogP) is -2.89. The normalized spacial score (nSPS) is 15.9. The lowest BCUT2D eigenvalue weighted by Crippen LogP contribution is -2.38. The van der Waals surface area contributed by atoms with Crippen molar-refractivity contribution in [3.05, 3.63) is 42.0 Å². The molecule has 1 amide bonds. The molecule has 16 heteroatoms. The van der Waals surface area contributed by atoms with E-state index in [9.17, 15) is 21.6 Å². The number of benzene rings is 2. The maximum atomic E-state index is 12.8. The molecule has 0 saturated carbocycles. The molecule has 0 aliphatic carbocycles. The third-order valence-corrected chi connectivity index (χ3v) is 7.85. The van der Waals surface area contributed by atoms with Crippen LogP contribution in [-0.2, 0) is 24.7 Å². The maximum absolute atomic E-state index is 12.8. The summed E-state index contributed by atoms with van der Waals surface area (Å²) in [5.41, 5.74) is 22.7. The highest BCUT2D eigenvalue weighted by molar-refractivity contribution is 7.93. The summed E-state index contributed by atoms with van der Waals surface area (Å²) in [5.74, 6) is -1.11. The van der Waals surface area contributed by atoms with E-state index < -0.39 is 60.1 Å². The van der Waals surface area contributed by atoms with E-state index in [1.54, 1.807) is 18.2 Å². The summed E-state index contributed by atoms with van der Waals surface area (Å²) in [6.45, 7) is -0.768. The van der Waals surface area contributed by atoms with Gasteiger partial charge in [0.05, 0.1) is 17.3 Å². The number of amides is 1. The maximum Gasteiger partial charge on any atom is 0.243 e. The fourth-order valence-electron chi connectivity index (χ4n) is 3.40. The molecule has 1 saturated heterocycles. The molecule has 34 heavy (non-hydrogen) atoms. The quantitative estimate of drug-likeness (QED) is 0.164. The summed E-state index contributed by atoms with van der Waals surface area (Å²) in [7, 11) is -8.63. The molecule has 12 N–H and O–H groups in total. The lowest BCUT2D eigenvalue weighted by atomic mass is 9.97. The summed E-state index contributed by atoms with van der Waals surface area (Å²) >= 11 is 0. The van der Waals surface area contributed by atoms with Gasteiger partial charge in [-0.3, -0.25) is 4.79 Å². The Balaban J connectivity index is 2.25. The number of primary sulfonamides is 1. The van der Waals surface area contributed by atoms with Crippen LogP contribution in [-0.4, -0.2) is 52.8 Å². The van der Waals surface area contributed by atoms with Gasteiger partial charge in [0.2, 0.25) is 15.9 Å². The van der Waals surface area contributed by atoms with Crippen LogP contribution in [0.4, 0.5) is 5.69 Å². The summed E-state index contributed by atoms with van der Waals surface area (Å²) in [5, 5.41) is 17.1. The standard InChI is InChI=1S/C18H26N8O6S2/c19-6-7-33(29,30)14-5-4-12(15(16(14)34(21,31)32)17-23-25-26-24-17)10-2-1-3-11(8-10)22-18(28)13(20)9-27/h1-5,8,13,17,23-27H,6-7,9,19-20H2,(H,22,28)(H2,21,31,32)/t13-/m1/s1. The number of carbonyl (C=O) groups excluding carboxylic acids is 1. The Morgan fingerprint density at radius 1 is 1.12 bits per heavy atom. The molecule has 0 spiro atoms. The monoisotopic (exact) mass is 514 g/mol. The summed E-state index contributed by atoms with van der Waals surface area (Å²) in [4.78, 5) is 11.0. The minimum absolute atomic E-state index is 0.0219. The van der Waals surface area contributed by atoms with Gasteiger partial charge in [-0.15, -0.1) is 0 Å². The number of hydrogen-bond acceptors (Lipinski definition) is 12. The van der Waals surface area contributed by atoms with Crippen LogP contribution in [0.1, 0.15) is 11.7 Å². The molecule has 14 nitrogen and oxygen atoms in total. The van der Waals surface area contributed by atoms with Crippen LogP contribution in [0.25, 0.3) is 11.1 Å². The van der Waals surface area contributed by atoms with E-state index >= 15 is 0 Å². The highest BCUT2D eigenvalue weighted by atomic mass is 32.2. The minimum atomic E-state index is -4.55. The van der Waals surface area contributed by atoms with Gasteiger partial charge in [0.1, 0.15) is 17.1 Å². The SMILES string of the molecule is NCCS(=O)(=O)c1ccc(-c2cccc(NC(=O)[C@H](N)CO)c2)c(C2NNNN2)c1S(N)(=O)=O. The molecule has 1 aliphatic heterocycles. The number of anilines is 1. The number of sulfone groups is 1. The molecule has 0 aromatic heterocycles. The number of hydrazine groups is 3. The first kappa shape index (κ1) is 26.1. The largest absolute Gasteiger partial charge is 0.394 e. The number of carbonyl (C=O) groups is 1. The first-order chi connectivity index (χ1) is 16.0. The van der Waals surface area contributed by atoms with Gasteiger partial charge in [0, 0.05) is 17.8 Å². The fraction of sp³-hybridized carbons (Fsp3) is 0.278. The third-order valence-electron chi connectivity index (χ3n) is 4.92. The number of hydrogen-bond donors (Lipinski definition) is 9. The van der Waals surface area contributed by atoms with Crippen LogP contribution in [0.2, 0.25) is 0 Å². The first-order valence-corrected chi connectivity index (χ1v) is 13.1. The van der Waals surface area contributed by atoms with Crippen molar-refractivity contribution < 1.29 is 26.7 Å². The predicted molar refractivity (Wildman–Crippen MR) is 123 cm³/mol. The molecule has 1 fully saturated rings. The van der Waals surface area contributed by atoms with E-state index in [0.29, 0.717) is 16.8 Å². The third kappa shape index (κ3) is 5.58. The van der Waals surface area contributed by atoms with Gasteiger partial charge in [-0.2, -0.15) is 11.1 Å². The number of nitrogens with two attached hydrogens (primary N) is 3. The first-order valence-electron chi connectivity index (χ1n) is 9.91. The van der Waals surface area contributed by atoms with Crippen LogP contribution in [0, 0.1) is 0 Å². The van der Waals surface area contributed by atoms with Gasteiger partial charge < -0.3 is 21.9 Å². The van der Waals surface area contributed by atoms with Crippen LogP contribution in [0.3, 0.4) is 0 Å². The Bertz CT molecular complexity index is 1280. The highest BCUT2D eigenvalue weighted by Gasteiger charge is 2.33. The van der Waals surface area contributed by atoms with Crippen molar-refractivity contribution in [3.8, 4) is 11.1 Å². The molecular weight excluding hydrogens is 488 g/mol. The molecule has 3 rings (SSSR count). The molecule has 2 aromatic rings. The van der Waals surface area contributed by atoms with E-state index in [2.05, 4.69) is 27.2 Å². The lowest BCUT2D eigenvalue weighted by molar-refractivity contribution is -0.118. The van der Waals surface area contributed by atoms with E-state index in [0.717, 1.165) is 6.07 Å². The topological polar surface area (TPSA) is 244 Å². The van der Waals surface area contributed by atoms with Gasteiger partial charge in [-0.1, -0.05) is 18.2 Å². The zero-order chi connectivity index (χ0) is 25.1. The average Bonchev–Trinajstić information content (AvgIpc) is 3.31. The molecule has 0 radical (unpaired) electrons. The minimum Gasteiger partial charge on any atom is -0.394 e. The van der Waals surface area contributed by atoms with Crippen molar-refractivity contribution in [2.75, 3.05) is 24.2 Å². The number of sulfonamides is 1. The Hall–Kier alpha value is -2.51. The van der Waals surface area contributed by atoms with Crippen molar-refractivity contribution in [1.29, 1.82) is 0 Å². The number of aliphatic hydroxyl groups is 1. The van der Waals surface area contributed by atoms with Gasteiger partial charge >= 0.3 is 0 Å². The average molecular weight is 515 g/mol. The van der Waals surface area contributed by atoms with E-state index in [4.69, 9.17) is 21.7 Å². The van der Waals surface area contributed by atoms with Gasteiger partial charge in [0.25, 0.3) is 0 Å². The van der Waals surface area contributed by atoms with Crippen molar-refractivity contribution in [2.24, 2.45) is 16.6 Å². The Morgan fingerprint density at radius 2 is 1.79 bits per heavy atom. The second-order valence-electron chi connectivity index (χ2n) is 7.34. The fourth-order valence-corrected chi connectivity index (χ4v) is 6.21. The summed E-state index contributed by atoms with van der Waals surface area (Å²) in [6.07, 6.45) is -0.919. The molecule has 0 bridgehead atoms.